The van der Waals surface area contributed by atoms with Crippen molar-refractivity contribution in [3.8, 4) is 0 Å². The predicted molar refractivity (Wildman–Crippen MR) is 46.1 cm³/mol. The van der Waals surface area contributed by atoms with Crippen LogP contribution in [0, 0.1) is 0 Å². The quantitative estimate of drug-likeness (QED) is 0.446. The first-order chi connectivity index (χ1) is 5.35. The largest absolute Gasteiger partial charge is 0.342 e. The first-order valence-electron chi connectivity index (χ1n) is 3.89. The third kappa shape index (κ3) is 5.61. The normalized spacial score (nSPS) is 10.4. The molecule has 11 heavy (non-hydrogen) atoms. The van der Waals surface area contributed by atoms with E-state index in [1.807, 2.05) is 19.1 Å². The van der Waals surface area contributed by atoms with Gasteiger partial charge in [-0.25, -0.2) is 0 Å². The second-order valence-electron chi connectivity index (χ2n) is 2.31. The van der Waals surface area contributed by atoms with Crippen LogP contribution in [0.25, 0.3) is 0 Å². The fraction of sp³-hybridized carbons (Fsp3) is 0.625. The van der Waals surface area contributed by atoms with E-state index >= 15 is 0 Å². The van der Waals surface area contributed by atoms with Crippen LogP contribution >= 0.6 is 0 Å². The molecule has 0 saturated heterocycles. The molecule has 0 bridgehead atoms. The standard InChI is InChI=1S/C8H16N2O/c1-2-6-10(8-11)7-4-3-5-9/h3-4,8H,2,5-7,9H2,1H3/b4-3+. The van der Waals surface area contributed by atoms with Crippen molar-refractivity contribution in [1.29, 1.82) is 0 Å². The van der Waals surface area contributed by atoms with Crippen LogP contribution in [0.2, 0.25) is 0 Å². The summed E-state index contributed by atoms with van der Waals surface area (Å²) in [7, 11) is 0. The number of nitrogens with zero attached hydrogens (tertiary/aromatic N) is 1. The maximum absolute atomic E-state index is 10.3. The second-order valence-corrected chi connectivity index (χ2v) is 2.31. The molecule has 0 aromatic carbocycles. The SMILES string of the molecule is CCCN(C=O)C/C=C/CN. The predicted octanol–water partition coefficient (Wildman–Crippen LogP) is 0.370. The van der Waals surface area contributed by atoms with Gasteiger partial charge in [-0.2, -0.15) is 0 Å². The van der Waals surface area contributed by atoms with Gasteiger partial charge in [-0.1, -0.05) is 19.1 Å². The first kappa shape index (κ1) is 10.2. The minimum atomic E-state index is 0.540. The summed E-state index contributed by atoms with van der Waals surface area (Å²) < 4.78 is 0. The maximum Gasteiger partial charge on any atom is 0.209 e. The number of carbonyl (C=O) groups excluding carboxylic acids is 1. The van der Waals surface area contributed by atoms with Crippen molar-refractivity contribution in [3.63, 3.8) is 0 Å². The van der Waals surface area contributed by atoms with Gasteiger partial charge < -0.3 is 10.6 Å². The van der Waals surface area contributed by atoms with E-state index in [0.717, 1.165) is 19.4 Å². The molecule has 0 saturated carbocycles. The average Bonchev–Trinajstić information content (AvgIpc) is 2.03. The Hall–Kier alpha value is -0.830. The van der Waals surface area contributed by atoms with Crippen LogP contribution in [0.1, 0.15) is 13.3 Å². The number of carbonyl (C=O) groups is 1. The van der Waals surface area contributed by atoms with Crippen molar-refractivity contribution in [2.45, 2.75) is 13.3 Å². The Morgan fingerprint density at radius 1 is 1.45 bits per heavy atom. The van der Waals surface area contributed by atoms with Gasteiger partial charge in [0, 0.05) is 19.6 Å². The van der Waals surface area contributed by atoms with Crippen LogP contribution in [0.3, 0.4) is 0 Å². The van der Waals surface area contributed by atoms with Gasteiger partial charge in [0.1, 0.15) is 0 Å². The van der Waals surface area contributed by atoms with Gasteiger partial charge in [0.25, 0.3) is 0 Å². The molecule has 0 aliphatic heterocycles. The molecule has 0 heterocycles. The van der Waals surface area contributed by atoms with Gasteiger partial charge in [-0.05, 0) is 6.42 Å². The molecule has 0 unspecified atom stereocenters. The lowest BCUT2D eigenvalue weighted by molar-refractivity contribution is -0.117. The molecule has 3 nitrogen and oxygen atoms in total. The van der Waals surface area contributed by atoms with Gasteiger partial charge in [-0.3, -0.25) is 4.79 Å². The summed E-state index contributed by atoms with van der Waals surface area (Å²) in [5, 5.41) is 0. The molecule has 0 atom stereocenters. The summed E-state index contributed by atoms with van der Waals surface area (Å²) in [6.07, 6.45) is 5.62. The third-order valence-corrected chi connectivity index (χ3v) is 1.30. The van der Waals surface area contributed by atoms with Crippen LogP contribution in [0.5, 0.6) is 0 Å². The van der Waals surface area contributed by atoms with Gasteiger partial charge in [-0.15, -0.1) is 0 Å². The molecule has 0 aromatic heterocycles. The van der Waals surface area contributed by atoms with E-state index in [2.05, 4.69) is 0 Å². The molecule has 64 valence electrons. The van der Waals surface area contributed by atoms with E-state index in [9.17, 15) is 4.79 Å². The molecule has 0 aliphatic carbocycles. The molecule has 2 N–H and O–H groups in total. The van der Waals surface area contributed by atoms with Gasteiger partial charge in [0.2, 0.25) is 6.41 Å². The second kappa shape index (κ2) is 7.28. The third-order valence-electron chi connectivity index (χ3n) is 1.30. The zero-order chi connectivity index (χ0) is 8.53. The monoisotopic (exact) mass is 156 g/mol. The molecule has 0 aliphatic rings. The van der Waals surface area contributed by atoms with Gasteiger partial charge in [0.05, 0.1) is 0 Å². The summed E-state index contributed by atoms with van der Waals surface area (Å²) in [6, 6.07) is 0. The molecular formula is C8H16N2O. The summed E-state index contributed by atoms with van der Waals surface area (Å²) in [6.45, 7) is 4.08. The number of hydrogen-bond donors (Lipinski definition) is 1. The molecule has 0 aromatic rings. The first-order valence-corrected chi connectivity index (χ1v) is 3.89. The highest BCUT2D eigenvalue weighted by Crippen LogP contribution is 1.86. The van der Waals surface area contributed by atoms with Gasteiger partial charge in [0.15, 0.2) is 0 Å². The number of nitrogens with two attached hydrogens (primary N) is 1. The Balaban J connectivity index is 3.51. The number of rotatable bonds is 6. The topological polar surface area (TPSA) is 46.3 Å². The maximum atomic E-state index is 10.3. The van der Waals surface area contributed by atoms with Crippen LogP contribution in [0.15, 0.2) is 12.2 Å². The summed E-state index contributed by atoms with van der Waals surface area (Å²) >= 11 is 0. The minimum Gasteiger partial charge on any atom is -0.342 e. The molecular weight excluding hydrogens is 140 g/mol. The highest BCUT2D eigenvalue weighted by Gasteiger charge is 1.93. The Morgan fingerprint density at radius 2 is 2.18 bits per heavy atom. The fourth-order valence-electron chi connectivity index (χ4n) is 0.780. The Labute approximate surface area is 67.9 Å². The summed E-state index contributed by atoms with van der Waals surface area (Å²) in [4.78, 5) is 12.1. The summed E-state index contributed by atoms with van der Waals surface area (Å²) in [5.74, 6) is 0. The molecule has 0 spiro atoms. The molecule has 1 amide bonds. The fourth-order valence-corrected chi connectivity index (χ4v) is 0.780. The highest BCUT2D eigenvalue weighted by atomic mass is 16.1. The molecule has 0 fully saturated rings. The van der Waals surface area contributed by atoms with Crippen LogP contribution < -0.4 is 5.73 Å². The lowest BCUT2D eigenvalue weighted by Gasteiger charge is -2.12. The highest BCUT2D eigenvalue weighted by molar-refractivity contribution is 5.47. The lowest BCUT2D eigenvalue weighted by atomic mass is 10.4. The van der Waals surface area contributed by atoms with E-state index < -0.39 is 0 Å². The van der Waals surface area contributed by atoms with Crippen molar-refractivity contribution in [2.24, 2.45) is 5.73 Å². The van der Waals surface area contributed by atoms with Crippen LogP contribution in [-0.4, -0.2) is 30.9 Å². The smallest absolute Gasteiger partial charge is 0.209 e. The Morgan fingerprint density at radius 3 is 2.64 bits per heavy atom. The van der Waals surface area contributed by atoms with E-state index in [1.165, 1.54) is 0 Å². The van der Waals surface area contributed by atoms with Crippen LogP contribution in [-0.2, 0) is 4.79 Å². The zero-order valence-corrected chi connectivity index (χ0v) is 6.99. The van der Waals surface area contributed by atoms with Gasteiger partial charge >= 0.3 is 0 Å². The number of amides is 1. The van der Waals surface area contributed by atoms with Crippen molar-refractivity contribution in [2.75, 3.05) is 19.6 Å². The van der Waals surface area contributed by atoms with E-state index in [4.69, 9.17) is 5.73 Å². The van der Waals surface area contributed by atoms with Crippen molar-refractivity contribution in [3.05, 3.63) is 12.2 Å². The lowest BCUT2D eigenvalue weighted by Crippen LogP contribution is -2.22. The van der Waals surface area contributed by atoms with Crippen molar-refractivity contribution < 1.29 is 4.79 Å². The van der Waals surface area contributed by atoms with Crippen molar-refractivity contribution >= 4 is 6.41 Å². The zero-order valence-electron chi connectivity index (χ0n) is 6.99. The van der Waals surface area contributed by atoms with Crippen molar-refractivity contribution in [1.82, 2.24) is 4.90 Å². The minimum absolute atomic E-state index is 0.540. The average molecular weight is 156 g/mol. The van der Waals surface area contributed by atoms with Crippen LogP contribution in [0.4, 0.5) is 0 Å². The molecule has 0 radical (unpaired) electrons. The van der Waals surface area contributed by atoms with E-state index in [-0.39, 0.29) is 0 Å². The Kier molecular flexibility index (Phi) is 6.73. The Bertz CT molecular complexity index is 123. The van der Waals surface area contributed by atoms with E-state index in [0.29, 0.717) is 13.1 Å². The number of hydrogen-bond acceptors (Lipinski definition) is 2. The summed E-state index contributed by atoms with van der Waals surface area (Å²) in [5.41, 5.74) is 5.24. The molecule has 0 rings (SSSR count). The van der Waals surface area contributed by atoms with E-state index in [1.54, 1.807) is 4.90 Å². The molecule has 3 heteroatoms.